The summed E-state index contributed by atoms with van der Waals surface area (Å²) in [7, 11) is 0. The smallest absolute Gasteiger partial charge is 0.406 e. The Labute approximate surface area is 169 Å². The van der Waals surface area contributed by atoms with E-state index in [1.807, 2.05) is 42.5 Å². The van der Waals surface area contributed by atoms with Gasteiger partial charge in [0.15, 0.2) is 5.17 Å². The molecule has 9 heteroatoms. The van der Waals surface area contributed by atoms with Crippen LogP contribution in [0.3, 0.4) is 0 Å². The summed E-state index contributed by atoms with van der Waals surface area (Å²) in [6, 6.07) is 15.2. The van der Waals surface area contributed by atoms with Crippen molar-refractivity contribution in [2.45, 2.75) is 6.36 Å². The van der Waals surface area contributed by atoms with Gasteiger partial charge in [0.05, 0.1) is 6.21 Å². The molecule has 0 aliphatic rings. The van der Waals surface area contributed by atoms with Crippen molar-refractivity contribution < 1.29 is 17.9 Å². The summed E-state index contributed by atoms with van der Waals surface area (Å²) in [4.78, 5) is 0. The van der Waals surface area contributed by atoms with E-state index in [-0.39, 0.29) is 27.9 Å². The van der Waals surface area contributed by atoms with Crippen LogP contribution in [0.4, 0.5) is 13.2 Å². The van der Waals surface area contributed by atoms with Gasteiger partial charge in [0.2, 0.25) is 0 Å². The molecule has 0 unspecified atom stereocenters. The average Bonchev–Trinajstić information content (AvgIpc) is 2.58. The monoisotopic (exact) mass is 459 g/mol. The zero-order valence-electron chi connectivity index (χ0n) is 14.0. The highest BCUT2D eigenvalue weighted by molar-refractivity contribution is 8.93. The number of hydrogen-bond donors (Lipinski definition) is 1. The molecule has 0 aliphatic heterocycles. The van der Waals surface area contributed by atoms with Crippen LogP contribution in [-0.4, -0.2) is 23.5 Å². The van der Waals surface area contributed by atoms with Crippen molar-refractivity contribution in [3.05, 3.63) is 71.8 Å². The number of nitrogens with two attached hydrogens (primary N) is 1. The summed E-state index contributed by atoms with van der Waals surface area (Å²) in [5.74, 6) is 0.299. The van der Waals surface area contributed by atoms with E-state index in [2.05, 4.69) is 14.9 Å². The fourth-order valence-electron chi connectivity index (χ4n) is 1.86. The van der Waals surface area contributed by atoms with Crippen LogP contribution in [0, 0.1) is 0 Å². The van der Waals surface area contributed by atoms with Crippen LogP contribution in [0.15, 0.2) is 70.9 Å². The molecule has 0 fully saturated rings. The third-order valence-corrected chi connectivity index (χ3v) is 3.63. The number of amidine groups is 1. The van der Waals surface area contributed by atoms with Gasteiger partial charge < -0.3 is 10.5 Å². The maximum Gasteiger partial charge on any atom is 0.573 e. The number of alkyl halides is 3. The van der Waals surface area contributed by atoms with Gasteiger partial charge in [0.1, 0.15) is 5.75 Å². The van der Waals surface area contributed by atoms with Gasteiger partial charge in [0.25, 0.3) is 0 Å². The summed E-state index contributed by atoms with van der Waals surface area (Å²) >= 11 is 1.30. The predicted octanol–water partition coefficient (Wildman–Crippen LogP) is 5.26. The predicted molar refractivity (Wildman–Crippen MR) is 111 cm³/mol. The second-order valence-corrected chi connectivity index (χ2v) is 5.97. The summed E-state index contributed by atoms with van der Waals surface area (Å²) in [5.41, 5.74) is 7.22. The molecule has 0 heterocycles. The highest BCUT2D eigenvalue weighted by Crippen LogP contribution is 2.22. The molecular formula is C18H17BrF3N3OS. The van der Waals surface area contributed by atoms with Crippen molar-refractivity contribution in [1.29, 1.82) is 0 Å². The van der Waals surface area contributed by atoms with Crippen molar-refractivity contribution in [1.82, 2.24) is 0 Å². The van der Waals surface area contributed by atoms with Crippen LogP contribution >= 0.6 is 28.7 Å². The van der Waals surface area contributed by atoms with Crippen LogP contribution in [0.1, 0.15) is 11.1 Å². The van der Waals surface area contributed by atoms with Crippen molar-refractivity contribution in [2.24, 2.45) is 15.9 Å². The van der Waals surface area contributed by atoms with E-state index in [1.54, 1.807) is 6.07 Å². The molecule has 2 aromatic rings. The van der Waals surface area contributed by atoms with E-state index < -0.39 is 6.36 Å². The number of nitrogens with zero attached hydrogens (tertiary/aromatic N) is 2. The van der Waals surface area contributed by atoms with Gasteiger partial charge in [-0.25, -0.2) is 0 Å². The molecule has 0 spiro atoms. The Bertz CT molecular complexity index is 796. The minimum Gasteiger partial charge on any atom is -0.406 e. The topological polar surface area (TPSA) is 60.0 Å². The highest BCUT2D eigenvalue weighted by Gasteiger charge is 2.30. The van der Waals surface area contributed by atoms with Gasteiger partial charge in [-0.15, -0.1) is 35.3 Å². The lowest BCUT2D eigenvalue weighted by Crippen LogP contribution is -2.17. The van der Waals surface area contributed by atoms with Crippen molar-refractivity contribution >= 4 is 46.2 Å². The minimum atomic E-state index is -4.73. The molecule has 4 nitrogen and oxygen atoms in total. The molecule has 144 valence electrons. The van der Waals surface area contributed by atoms with Crippen LogP contribution < -0.4 is 10.5 Å². The first-order valence-electron chi connectivity index (χ1n) is 7.49. The average molecular weight is 460 g/mol. The van der Waals surface area contributed by atoms with Crippen molar-refractivity contribution in [2.75, 3.05) is 5.75 Å². The zero-order chi connectivity index (χ0) is 18.8. The maximum absolute atomic E-state index is 12.2. The van der Waals surface area contributed by atoms with Crippen LogP contribution in [-0.2, 0) is 0 Å². The number of halogens is 4. The lowest BCUT2D eigenvalue weighted by Gasteiger charge is -2.08. The second-order valence-electron chi connectivity index (χ2n) is 4.93. The molecule has 2 aromatic carbocycles. The normalized spacial score (nSPS) is 12.3. The number of rotatable bonds is 6. The summed E-state index contributed by atoms with van der Waals surface area (Å²) in [6.45, 7) is 0. The SMILES string of the molecule is Br.N/C(=N\N=C\c1cccc(OC(F)(F)F)c1)SC/C=C/c1ccccc1. The molecule has 0 aliphatic carbocycles. The minimum absolute atomic E-state index is 0. The molecule has 0 amide bonds. The molecule has 0 saturated carbocycles. The maximum atomic E-state index is 12.2. The lowest BCUT2D eigenvalue weighted by molar-refractivity contribution is -0.274. The third kappa shape index (κ3) is 9.86. The summed E-state index contributed by atoms with van der Waals surface area (Å²) in [5, 5.41) is 7.82. The van der Waals surface area contributed by atoms with Crippen LogP contribution in [0.5, 0.6) is 5.75 Å². The van der Waals surface area contributed by atoms with Crippen LogP contribution in [0.2, 0.25) is 0 Å². The quantitative estimate of drug-likeness (QED) is 0.364. The number of benzene rings is 2. The molecule has 2 rings (SSSR count). The molecule has 0 saturated heterocycles. The van der Waals surface area contributed by atoms with Gasteiger partial charge >= 0.3 is 6.36 Å². The Morgan fingerprint density at radius 2 is 1.78 bits per heavy atom. The van der Waals surface area contributed by atoms with Crippen molar-refractivity contribution in [3.63, 3.8) is 0 Å². The number of ether oxygens (including phenoxy) is 1. The van der Waals surface area contributed by atoms with Gasteiger partial charge in [0, 0.05) is 5.75 Å². The Balaban J connectivity index is 0.00000364. The van der Waals surface area contributed by atoms with E-state index in [0.717, 1.165) is 5.56 Å². The summed E-state index contributed by atoms with van der Waals surface area (Å²) in [6.07, 6.45) is 0.485. The van der Waals surface area contributed by atoms with Gasteiger partial charge in [-0.05, 0) is 23.3 Å². The van der Waals surface area contributed by atoms with E-state index >= 15 is 0 Å². The lowest BCUT2D eigenvalue weighted by atomic mass is 10.2. The van der Waals surface area contributed by atoms with E-state index in [9.17, 15) is 13.2 Å². The largest absolute Gasteiger partial charge is 0.573 e. The Morgan fingerprint density at radius 1 is 1.07 bits per heavy atom. The standard InChI is InChI=1S/C18H16F3N3OS.BrH/c19-18(20,21)25-16-10-4-8-15(12-16)13-23-24-17(22)26-11-5-9-14-6-2-1-3-7-14;/h1-10,12-13H,11H2,(H2,22,24);1H/b9-5+,23-13+;. The fraction of sp³-hybridized carbons (Fsp3) is 0.111. The number of thioether (sulfide) groups is 1. The summed E-state index contributed by atoms with van der Waals surface area (Å²) < 4.78 is 40.4. The Kier molecular flexibility index (Phi) is 9.66. The Morgan fingerprint density at radius 3 is 2.48 bits per heavy atom. The van der Waals surface area contributed by atoms with E-state index in [4.69, 9.17) is 5.73 Å². The first-order chi connectivity index (χ1) is 12.4. The molecule has 0 aromatic heterocycles. The van der Waals surface area contributed by atoms with Crippen molar-refractivity contribution in [3.8, 4) is 5.75 Å². The first kappa shape index (κ1) is 22.8. The molecule has 2 N–H and O–H groups in total. The molecule has 0 atom stereocenters. The first-order valence-corrected chi connectivity index (χ1v) is 8.48. The molecule has 0 bridgehead atoms. The second kappa shape index (κ2) is 11.5. The van der Waals surface area contributed by atoms with Gasteiger partial charge in [-0.1, -0.05) is 66.4 Å². The fourth-order valence-corrected chi connectivity index (χ4v) is 2.32. The third-order valence-electron chi connectivity index (χ3n) is 2.89. The number of hydrogen-bond acceptors (Lipinski definition) is 4. The zero-order valence-corrected chi connectivity index (χ0v) is 16.5. The van der Waals surface area contributed by atoms with E-state index in [1.165, 1.54) is 36.2 Å². The molecular weight excluding hydrogens is 443 g/mol. The van der Waals surface area contributed by atoms with E-state index in [0.29, 0.717) is 11.3 Å². The Hall–Kier alpha value is -2.26. The van der Waals surface area contributed by atoms with Gasteiger partial charge in [-0.3, -0.25) is 0 Å². The molecule has 0 radical (unpaired) electrons. The molecule has 27 heavy (non-hydrogen) atoms. The van der Waals surface area contributed by atoms with Crippen LogP contribution in [0.25, 0.3) is 6.08 Å². The van der Waals surface area contributed by atoms with Gasteiger partial charge in [-0.2, -0.15) is 5.10 Å². The highest BCUT2D eigenvalue weighted by atomic mass is 79.9.